The summed E-state index contributed by atoms with van der Waals surface area (Å²) in [6, 6.07) is 5.21. The van der Waals surface area contributed by atoms with Gasteiger partial charge >= 0.3 is 0 Å². The number of fused-ring (bicyclic) bond motifs is 1. The zero-order valence-electron chi connectivity index (χ0n) is 8.01. The zero-order valence-corrected chi connectivity index (χ0v) is 8.77. The highest BCUT2D eigenvalue weighted by Crippen LogP contribution is 2.16. The van der Waals surface area contributed by atoms with Crippen LogP contribution in [0.3, 0.4) is 0 Å². The Hall–Kier alpha value is -1.68. The molecule has 0 aliphatic carbocycles. The third kappa shape index (κ3) is 1.76. The van der Waals surface area contributed by atoms with E-state index < -0.39 is 0 Å². The summed E-state index contributed by atoms with van der Waals surface area (Å²) >= 11 is 5.81. The maximum absolute atomic E-state index is 10.7. The standard InChI is InChI=1S/C10H8ClN3O/c1-2-8(6-15)14-12-9-4-3-7(11)5-10(9)13-14/h2-6H,1H3/b8-2+. The van der Waals surface area contributed by atoms with Crippen LogP contribution in [-0.4, -0.2) is 21.3 Å². The van der Waals surface area contributed by atoms with Gasteiger partial charge in [-0.2, -0.15) is 0 Å². The smallest absolute Gasteiger partial charge is 0.169 e. The molecule has 0 bridgehead atoms. The number of carbonyl (C=O) groups is 1. The summed E-state index contributed by atoms with van der Waals surface area (Å²) in [7, 11) is 0. The highest BCUT2D eigenvalue weighted by atomic mass is 35.5. The summed E-state index contributed by atoms with van der Waals surface area (Å²) in [5.74, 6) is 0. The predicted octanol–water partition coefficient (Wildman–Crippen LogP) is 2.14. The molecule has 15 heavy (non-hydrogen) atoms. The number of hydrogen-bond acceptors (Lipinski definition) is 3. The lowest BCUT2D eigenvalue weighted by Crippen LogP contribution is -2.01. The molecule has 0 saturated heterocycles. The molecule has 0 aliphatic heterocycles. The van der Waals surface area contributed by atoms with Crippen molar-refractivity contribution in [3.63, 3.8) is 0 Å². The molecule has 2 rings (SSSR count). The Morgan fingerprint density at radius 3 is 2.80 bits per heavy atom. The van der Waals surface area contributed by atoms with E-state index in [1.165, 1.54) is 4.80 Å². The average Bonchev–Trinajstić information content (AvgIpc) is 2.62. The van der Waals surface area contributed by atoms with Crippen molar-refractivity contribution in [1.82, 2.24) is 15.0 Å². The third-order valence-corrected chi connectivity index (χ3v) is 2.22. The minimum atomic E-state index is 0.405. The monoisotopic (exact) mass is 221 g/mol. The van der Waals surface area contributed by atoms with Crippen molar-refractivity contribution in [1.29, 1.82) is 0 Å². The number of hydrogen-bond donors (Lipinski definition) is 0. The SMILES string of the molecule is C/C=C(\C=O)n1nc2ccc(Cl)cc2n1. The Morgan fingerprint density at radius 1 is 1.40 bits per heavy atom. The molecule has 0 N–H and O–H groups in total. The normalized spacial score (nSPS) is 12.0. The summed E-state index contributed by atoms with van der Waals surface area (Å²) in [5, 5.41) is 8.88. The molecular formula is C10H8ClN3O. The van der Waals surface area contributed by atoms with Crippen molar-refractivity contribution in [2.75, 3.05) is 0 Å². The van der Waals surface area contributed by atoms with E-state index in [1.807, 2.05) is 0 Å². The van der Waals surface area contributed by atoms with Crippen molar-refractivity contribution < 1.29 is 4.79 Å². The van der Waals surface area contributed by atoms with Gasteiger partial charge in [-0.1, -0.05) is 17.7 Å². The van der Waals surface area contributed by atoms with E-state index in [1.54, 1.807) is 31.2 Å². The van der Waals surface area contributed by atoms with E-state index in [9.17, 15) is 4.79 Å². The lowest BCUT2D eigenvalue weighted by molar-refractivity contribution is -0.103. The zero-order chi connectivity index (χ0) is 10.8. The van der Waals surface area contributed by atoms with Crippen molar-refractivity contribution in [2.45, 2.75) is 6.92 Å². The van der Waals surface area contributed by atoms with Crippen molar-refractivity contribution in [3.8, 4) is 0 Å². The molecule has 1 aromatic carbocycles. The number of aromatic nitrogens is 3. The summed E-state index contributed by atoms with van der Waals surface area (Å²) in [5.41, 5.74) is 1.78. The van der Waals surface area contributed by atoms with Gasteiger partial charge in [-0.25, -0.2) is 0 Å². The van der Waals surface area contributed by atoms with Gasteiger partial charge < -0.3 is 0 Å². The number of aldehydes is 1. The molecule has 1 heterocycles. The molecule has 0 aliphatic rings. The average molecular weight is 222 g/mol. The molecule has 0 unspecified atom stereocenters. The first-order valence-electron chi connectivity index (χ1n) is 4.39. The highest BCUT2D eigenvalue weighted by Gasteiger charge is 2.05. The Bertz CT molecular complexity index is 545. The van der Waals surface area contributed by atoms with Crippen molar-refractivity contribution in [2.24, 2.45) is 0 Å². The van der Waals surface area contributed by atoms with E-state index in [-0.39, 0.29) is 0 Å². The summed E-state index contributed by atoms with van der Waals surface area (Å²) in [4.78, 5) is 12.0. The number of rotatable bonds is 2. The van der Waals surface area contributed by atoms with Crippen LogP contribution in [0.15, 0.2) is 24.3 Å². The number of nitrogens with zero attached hydrogens (tertiary/aromatic N) is 3. The van der Waals surface area contributed by atoms with Crippen LogP contribution in [0.5, 0.6) is 0 Å². The minimum absolute atomic E-state index is 0.405. The number of benzene rings is 1. The maximum atomic E-state index is 10.7. The van der Waals surface area contributed by atoms with Crippen molar-refractivity contribution >= 4 is 34.6 Å². The molecule has 0 spiro atoms. The first-order chi connectivity index (χ1) is 7.24. The predicted molar refractivity (Wildman–Crippen MR) is 58.5 cm³/mol. The maximum Gasteiger partial charge on any atom is 0.169 e. The molecule has 2 aromatic rings. The highest BCUT2D eigenvalue weighted by molar-refractivity contribution is 6.31. The van der Waals surface area contributed by atoms with Crippen LogP contribution in [-0.2, 0) is 4.79 Å². The van der Waals surface area contributed by atoms with Gasteiger partial charge in [0.1, 0.15) is 16.7 Å². The molecule has 0 saturated carbocycles. The van der Waals surface area contributed by atoms with Crippen LogP contribution in [0, 0.1) is 0 Å². The molecule has 5 heteroatoms. The van der Waals surface area contributed by atoms with Crippen molar-refractivity contribution in [3.05, 3.63) is 29.3 Å². The number of carbonyl (C=O) groups excluding carboxylic acids is 1. The first kappa shape index (κ1) is 9.86. The Balaban J connectivity index is 2.61. The van der Waals surface area contributed by atoms with E-state index in [0.717, 1.165) is 0 Å². The summed E-state index contributed by atoms with van der Waals surface area (Å²) < 4.78 is 0. The Labute approximate surface area is 91.1 Å². The fraction of sp³-hybridized carbons (Fsp3) is 0.100. The van der Waals surface area contributed by atoms with Gasteiger partial charge in [0.25, 0.3) is 0 Å². The minimum Gasteiger partial charge on any atom is -0.296 e. The first-order valence-corrected chi connectivity index (χ1v) is 4.77. The van der Waals surface area contributed by atoms with E-state index >= 15 is 0 Å². The largest absolute Gasteiger partial charge is 0.296 e. The van der Waals surface area contributed by atoms with Gasteiger partial charge in [0.15, 0.2) is 6.29 Å². The van der Waals surface area contributed by atoms with Crippen LogP contribution in [0.1, 0.15) is 6.92 Å². The van der Waals surface area contributed by atoms with E-state index in [2.05, 4.69) is 10.2 Å². The fourth-order valence-electron chi connectivity index (χ4n) is 1.23. The molecule has 1 aromatic heterocycles. The number of allylic oxidation sites excluding steroid dienone is 2. The third-order valence-electron chi connectivity index (χ3n) is 1.99. The Morgan fingerprint density at radius 2 is 2.13 bits per heavy atom. The molecule has 0 amide bonds. The lowest BCUT2D eigenvalue weighted by atomic mass is 10.3. The van der Waals surface area contributed by atoms with Crippen LogP contribution in [0.4, 0.5) is 0 Å². The topological polar surface area (TPSA) is 47.8 Å². The van der Waals surface area contributed by atoms with Gasteiger partial charge in [-0.05, 0) is 25.1 Å². The van der Waals surface area contributed by atoms with Crippen LogP contribution in [0.2, 0.25) is 5.02 Å². The quantitative estimate of drug-likeness (QED) is 0.577. The van der Waals surface area contributed by atoms with Crippen LogP contribution >= 0.6 is 11.6 Å². The van der Waals surface area contributed by atoms with Crippen LogP contribution in [0.25, 0.3) is 16.7 Å². The van der Waals surface area contributed by atoms with E-state index in [0.29, 0.717) is 28.0 Å². The van der Waals surface area contributed by atoms with Gasteiger partial charge in [-0.3, -0.25) is 4.79 Å². The van der Waals surface area contributed by atoms with Gasteiger partial charge in [0, 0.05) is 5.02 Å². The molecule has 0 atom stereocenters. The molecule has 0 fully saturated rings. The number of halogens is 1. The molecule has 4 nitrogen and oxygen atoms in total. The van der Waals surface area contributed by atoms with Gasteiger partial charge in [-0.15, -0.1) is 15.0 Å². The lowest BCUT2D eigenvalue weighted by Gasteiger charge is -1.93. The second-order valence-corrected chi connectivity index (χ2v) is 3.39. The second kappa shape index (κ2) is 3.82. The van der Waals surface area contributed by atoms with Gasteiger partial charge in [0.05, 0.1) is 0 Å². The van der Waals surface area contributed by atoms with Gasteiger partial charge in [0.2, 0.25) is 0 Å². The van der Waals surface area contributed by atoms with Crippen LogP contribution < -0.4 is 0 Å². The summed E-state index contributed by atoms with van der Waals surface area (Å²) in [6.45, 7) is 1.75. The Kier molecular flexibility index (Phi) is 2.51. The molecule has 0 radical (unpaired) electrons. The molecular weight excluding hydrogens is 214 g/mol. The second-order valence-electron chi connectivity index (χ2n) is 2.95. The summed E-state index contributed by atoms with van der Waals surface area (Å²) in [6.07, 6.45) is 2.36. The fourth-order valence-corrected chi connectivity index (χ4v) is 1.40. The van der Waals surface area contributed by atoms with E-state index in [4.69, 9.17) is 11.6 Å². The molecule has 76 valence electrons.